The predicted molar refractivity (Wildman–Crippen MR) is 80.4 cm³/mol. The largest absolute Gasteiger partial charge is 0.381 e. The van der Waals surface area contributed by atoms with Crippen molar-refractivity contribution in [2.75, 3.05) is 0 Å². The lowest BCUT2D eigenvalue weighted by Gasteiger charge is -2.25. The number of nitriles is 1. The van der Waals surface area contributed by atoms with E-state index in [-0.39, 0.29) is 0 Å². The average molecular weight is 265 g/mol. The molecule has 0 spiro atoms. The van der Waals surface area contributed by atoms with Crippen LogP contribution in [0.5, 0.6) is 0 Å². The van der Waals surface area contributed by atoms with Crippen LogP contribution in [-0.2, 0) is 5.60 Å². The third-order valence-corrected chi connectivity index (χ3v) is 3.72. The van der Waals surface area contributed by atoms with Crippen LogP contribution in [0.15, 0.2) is 48.5 Å². The normalized spacial score (nSPS) is 13.8. The first-order chi connectivity index (χ1) is 9.45. The monoisotopic (exact) mass is 265 g/mol. The van der Waals surface area contributed by atoms with Gasteiger partial charge in [0.25, 0.3) is 0 Å². The van der Waals surface area contributed by atoms with Crippen molar-refractivity contribution in [1.82, 2.24) is 0 Å². The lowest BCUT2D eigenvalue weighted by atomic mass is 9.87. The smallest absolute Gasteiger partial charge is 0.112 e. The lowest BCUT2D eigenvalue weighted by Crippen LogP contribution is -2.22. The molecule has 2 aromatic rings. The highest BCUT2D eigenvalue weighted by Gasteiger charge is 2.25. The van der Waals surface area contributed by atoms with E-state index in [4.69, 9.17) is 5.26 Å². The van der Waals surface area contributed by atoms with Gasteiger partial charge in [-0.15, -0.1) is 0 Å². The number of benzene rings is 2. The molecule has 2 aromatic carbocycles. The van der Waals surface area contributed by atoms with Crippen molar-refractivity contribution in [2.45, 2.75) is 32.3 Å². The van der Waals surface area contributed by atoms with Gasteiger partial charge in [0, 0.05) is 0 Å². The summed E-state index contributed by atoms with van der Waals surface area (Å²) in [5.74, 6) is 0.476. The molecule has 0 amide bonds. The van der Waals surface area contributed by atoms with Crippen LogP contribution in [0.3, 0.4) is 0 Å². The second kappa shape index (κ2) is 5.48. The van der Waals surface area contributed by atoms with Gasteiger partial charge in [-0.05, 0) is 41.7 Å². The summed E-state index contributed by atoms with van der Waals surface area (Å²) in [6.45, 7) is 6.07. The van der Waals surface area contributed by atoms with E-state index < -0.39 is 5.60 Å². The van der Waals surface area contributed by atoms with Gasteiger partial charge in [-0.1, -0.05) is 50.2 Å². The highest BCUT2D eigenvalue weighted by atomic mass is 16.3. The minimum Gasteiger partial charge on any atom is -0.381 e. The molecule has 2 nitrogen and oxygen atoms in total. The fourth-order valence-electron chi connectivity index (χ4n) is 2.23. The molecule has 2 heteroatoms. The Morgan fingerprint density at radius 3 is 1.80 bits per heavy atom. The van der Waals surface area contributed by atoms with Gasteiger partial charge >= 0.3 is 0 Å². The van der Waals surface area contributed by atoms with Gasteiger partial charge in [-0.25, -0.2) is 0 Å². The van der Waals surface area contributed by atoms with E-state index in [0.29, 0.717) is 11.5 Å². The third-order valence-electron chi connectivity index (χ3n) is 3.72. The summed E-state index contributed by atoms with van der Waals surface area (Å²) in [6.07, 6.45) is 0. The predicted octanol–water partition coefficient (Wildman–Crippen LogP) is 3.94. The highest BCUT2D eigenvalue weighted by Crippen LogP contribution is 2.30. The van der Waals surface area contributed by atoms with Crippen LogP contribution < -0.4 is 0 Å². The maximum Gasteiger partial charge on any atom is 0.112 e. The van der Waals surface area contributed by atoms with Crippen LogP contribution in [0.25, 0.3) is 0 Å². The first-order valence-corrected chi connectivity index (χ1v) is 6.78. The SMILES string of the molecule is CC(C)c1ccc(C(C)(O)c2ccc(C#N)cc2)cc1. The molecule has 0 aliphatic rings. The molecule has 102 valence electrons. The van der Waals surface area contributed by atoms with Crippen LogP contribution in [0.4, 0.5) is 0 Å². The van der Waals surface area contributed by atoms with Gasteiger partial charge in [0.1, 0.15) is 5.60 Å². The van der Waals surface area contributed by atoms with Gasteiger partial charge in [0.2, 0.25) is 0 Å². The number of hydrogen-bond acceptors (Lipinski definition) is 2. The first-order valence-electron chi connectivity index (χ1n) is 6.78. The molecule has 20 heavy (non-hydrogen) atoms. The van der Waals surface area contributed by atoms with E-state index in [1.54, 1.807) is 31.2 Å². The summed E-state index contributed by atoms with van der Waals surface area (Å²) in [5, 5.41) is 19.6. The van der Waals surface area contributed by atoms with Crippen molar-refractivity contribution < 1.29 is 5.11 Å². The second-order valence-corrected chi connectivity index (χ2v) is 5.54. The summed E-state index contributed by atoms with van der Waals surface area (Å²) in [7, 11) is 0. The second-order valence-electron chi connectivity index (χ2n) is 5.54. The number of nitrogens with zero attached hydrogens (tertiary/aromatic N) is 1. The first kappa shape index (κ1) is 14.3. The Labute approximate surface area is 120 Å². The highest BCUT2D eigenvalue weighted by molar-refractivity contribution is 5.40. The summed E-state index contributed by atoms with van der Waals surface area (Å²) >= 11 is 0. The topological polar surface area (TPSA) is 44.0 Å². The van der Waals surface area contributed by atoms with Crippen LogP contribution in [0.1, 0.15) is 48.9 Å². The molecule has 0 aliphatic heterocycles. The van der Waals surface area contributed by atoms with Crippen molar-refractivity contribution >= 4 is 0 Å². The molecule has 0 aromatic heterocycles. The zero-order valence-corrected chi connectivity index (χ0v) is 12.1. The molecule has 0 aliphatic carbocycles. The summed E-state index contributed by atoms with van der Waals surface area (Å²) < 4.78 is 0. The van der Waals surface area contributed by atoms with Gasteiger partial charge in [0.05, 0.1) is 11.6 Å². The van der Waals surface area contributed by atoms with E-state index in [1.807, 2.05) is 12.1 Å². The Morgan fingerprint density at radius 2 is 1.40 bits per heavy atom. The number of hydrogen-bond donors (Lipinski definition) is 1. The Hall–Kier alpha value is -2.11. The minimum absolute atomic E-state index is 0.476. The van der Waals surface area contributed by atoms with E-state index in [9.17, 15) is 5.11 Å². The standard InChI is InChI=1S/C18H19NO/c1-13(2)15-6-10-17(11-7-15)18(3,20)16-8-4-14(12-19)5-9-16/h4-11,13,20H,1-3H3. The van der Waals surface area contributed by atoms with Crippen molar-refractivity contribution in [3.05, 3.63) is 70.8 Å². The molecule has 1 N–H and O–H groups in total. The molecule has 2 rings (SSSR count). The van der Waals surface area contributed by atoms with Gasteiger partial charge in [-0.2, -0.15) is 5.26 Å². The molecule has 0 bridgehead atoms. The summed E-state index contributed by atoms with van der Waals surface area (Å²) in [5.41, 5.74) is 2.44. The van der Waals surface area contributed by atoms with E-state index in [0.717, 1.165) is 11.1 Å². The third kappa shape index (κ3) is 2.74. The Morgan fingerprint density at radius 1 is 0.950 bits per heavy atom. The van der Waals surface area contributed by atoms with Crippen molar-refractivity contribution in [3.8, 4) is 6.07 Å². The van der Waals surface area contributed by atoms with Crippen LogP contribution >= 0.6 is 0 Å². The Balaban J connectivity index is 2.35. The molecule has 0 radical (unpaired) electrons. The van der Waals surface area contributed by atoms with E-state index >= 15 is 0 Å². The van der Waals surface area contributed by atoms with E-state index in [2.05, 4.69) is 32.0 Å². The summed E-state index contributed by atoms with van der Waals surface area (Å²) in [6, 6.07) is 17.2. The summed E-state index contributed by atoms with van der Waals surface area (Å²) in [4.78, 5) is 0. The van der Waals surface area contributed by atoms with Crippen molar-refractivity contribution in [1.29, 1.82) is 5.26 Å². The Kier molecular flexibility index (Phi) is 3.92. The molecule has 1 atom stereocenters. The molecule has 0 fully saturated rings. The van der Waals surface area contributed by atoms with Gasteiger partial charge < -0.3 is 5.11 Å². The van der Waals surface area contributed by atoms with E-state index in [1.165, 1.54) is 5.56 Å². The van der Waals surface area contributed by atoms with Gasteiger partial charge in [0.15, 0.2) is 0 Å². The van der Waals surface area contributed by atoms with Crippen LogP contribution in [0, 0.1) is 11.3 Å². The van der Waals surface area contributed by atoms with Crippen LogP contribution in [0.2, 0.25) is 0 Å². The molecule has 0 heterocycles. The van der Waals surface area contributed by atoms with Crippen molar-refractivity contribution in [3.63, 3.8) is 0 Å². The maximum atomic E-state index is 10.8. The fraction of sp³-hybridized carbons (Fsp3) is 0.278. The molecular weight excluding hydrogens is 246 g/mol. The number of rotatable bonds is 3. The maximum absolute atomic E-state index is 10.8. The number of aliphatic hydroxyl groups is 1. The molecule has 1 unspecified atom stereocenters. The quantitative estimate of drug-likeness (QED) is 0.913. The molecule has 0 saturated heterocycles. The lowest BCUT2D eigenvalue weighted by molar-refractivity contribution is 0.102. The van der Waals surface area contributed by atoms with Crippen LogP contribution in [-0.4, -0.2) is 5.11 Å². The van der Waals surface area contributed by atoms with Gasteiger partial charge in [-0.3, -0.25) is 0 Å². The fourth-order valence-corrected chi connectivity index (χ4v) is 2.23. The zero-order chi connectivity index (χ0) is 14.8. The van der Waals surface area contributed by atoms with Crippen molar-refractivity contribution in [2.24, 2.45) is 0 Å². The minimum atomic E-state index is -1.05. The average Bonchev–Trinajstić information content (AvgIpc) is 2.47. The zero-order valence-electron chi connectivity index (χ0n) is 12.1. The molecular formula is C18H19NO. The Bertz CT molecular complexity index is 616. The molecule has 0 saturated carbocycles.